The smallest absolute Gasteiger partial charge is 0.175 e. The van der Waals surface area contributed by atoms with Gasteiger partial charge in [0.05, 0.1) is 0 Å². The molecule has 0 unspecified atom stereocenters. The third kappa shape index (κ3) is 2.98. The first-order valence-corrected chi connectivity index (χ1v) is 6.41. The van der Waals surface area contributed by atoms with Crippen LogP contribution in [0.3, 0.4) is 0 Å². The summed E-state index contributed by atoms with van der Waals surface area (Å²) in [6, 6.07) is 7.82. The largest absolute Gasteiger partial charge is 0.409 e. The number of nitrogens with zero attached hydrogens (tertiary/aromatic N) is 3. The van der Waals surface area contributed by atoms with Crippen molar-refractivity contribution in [2.75, 3.05) is 33.2 Å². The number of likely N-dealkylation sites (N-methyl/N-ethyl adjacent to an activating group) is 1. The van der Waals surface area contributed by atoms with Crippen LogP contribution in [0.15, 0.2) is 33.9 Å². The normalized spacial score (nSPS) is 18.5. The summed E-state index contributed by atoms with van der Waals surface area (Å²) in [7, 11) is 2.10. The molecule has 1 aromatic rings. The van der Waals surface area contributed by atoms with Crippen LogP contribution in [0.25, 0.3) is 0 Å². The predicted molar refractivity (Wildman–Crippen MR) is 71.5 cm³/mol. The fourth-order valence-corrected chi connectivity index (χ4v) is 2.19. The Labute approximate surface area is 110 Å². The van der Waals surface area contributed by atoms with Gasteiger partial charge in [-0.05, 0) is 19.2 Å². The summed E-state index contributed by atoms with van der Waals surface area (Å²) in [5.41, 5.74) is 0.945. The molecule has 0 saturated carbocycles. The Morgan fingerprint density at radius 2 is 1.76 bits per heavy atom. The van der Waals surface area contributed by atoms with Crippen molar-refractivity contribution >= 4 is 21.8 Å². The van der Waals surface area contributed by atoms with Gasteiger partial charge in [-0.3, -0.25) is 0 Å². The van der Waals surface area contributed by atoms with Gasteiger partial charge in [-0.25, -0.2) is 0 Å². The summed E-state index contributed by atoms with van der Waals surface area (Å²) in [6.45, 7) is 3.78. The van der Waals surface area contributed by atoms with Gasteiger partial charge in [0.2, 0.25) is 0 Å². The molecule has 1 aromatic carbocycles. The number of amidine groups is 1. The molecule has 1 aliphatic rings. The van der Waals surface area contributed by atoms with Crippen LogP contribution in [0, 0.1) is 0 Å². The van der Waals surface area contributed by atoms with Crippen molar-refractivity contribution in [3.8, 4) is 0 Å². The highest BCUT2D eigenvalue weighted by atomic mass is 79.9. The first kappa shape index (κ1) is 12.4. The Hall–Kier alpha value is -1.07. The number of hydrogen-bond donors (Lipinski definition) is 1. The molecule has 0 aliphatic carbocycles. The minimum Gasteiger partial charge on any atom is -0.409 e. The van der Waals surface area contributed by atoms with Gasteiger partial charge in [0.15, 0.2) is 5.84 Å². The molecule has 1 aliphatic heterocycles. The van der Waals surface area contributed by atoms with Crippen molar-refractivity contribution in [2.45, 2.75) is 0 Å². The molecule has 0 amide bonds. The average molecular weight is 298 g/mol. The standard InChI is InChI=1S/C12H16BrN3O/c1-15-6-8-16(9-7-15)12(14-17)10-2-4-11(13)5-3-10/h2-5,17H,6-9H2,1H3. The van der Waals surface area contributed by atoms with Crippen molar-refractivity contribution in [3.63, 3.8) is 0 Å². The second-order valence-corrected chi connectivity index (χ2v) is 5.14. The van der Waals surface area contributed by atoms with E-state index < -0.39 is 0 Å². The van der Waals surface area contributed by atoms with E-state index in [9.17, 15) is 5.21 Å². The number of benzene rings is 1. The van der Waals surface area contributed by atoms with Gasteiger partial charge in [0.25, 0.3) is 0 Å². The third-order valence-corrected chi connectivity index (χ3v) is 3.53. The Kier molecular flexibility index (Phi) is 4.02. The second-order valence-electron chi connectivity index (χ2n) is 4.22. The molecule has 0 bridgehead atoms. The quantitative estimate of drug-likeness (QED) is 0.372. The lowest BCUT2D eigenvalue weighted by molar-refractivity contribution is 0.208. The Morgan fingerprint density at radius 3 is 2.29 bits per heavy atom. The van der Waals surface area contributed by atoms with Gasteiger partial charge in [-0.15, -0.1) is 0 Å². The molecule has 0 radical (unpaired) electrons. The van der Waals surface area contributed by atoms with Crippen molar-refractivity contribution in [1.82, 2.24) is 9.80 Å². The van der Waals surface area contributed by atoms with Crippen molar-refractivity contribution in [1.29, 1.82) is 0 Å². The molecule has 1 saturated heterocycles. The SMILES string of the molecule is CN1CCN(C(=NO)c2ccc(Br)cc2)CC1. The van der Waals surface area contributed by atoms with E-state index in [4.69, 9.17) is 0 Å². The lowest BCUT2D eigenvalue weighted by Crippen LogP contribution is -2.47. The van der Waals surface area contributed by atoms with E-state index in [1.165, 1.54) is 0 Å². The lowest BCUT2D eigenvalue weighted by atomic mass is 10.2. The van der Waals surface area contributed by atoms with Gasteiger partial charge >= 0.3 is 0 Å². The zero-order valence-corrected chi connectivity index (χ0v) is 11.4. The van der Waals surface area contributed by atoms with Crippen molar-refractivity contribution in [3.05, 3.63) is 34.3 Å². The van der Waals surface area contributed by atoms with Gasteiger partial charge in [0.1, 0.15) is 0 Å². The fraction of sp³-hybridized carbons (Fsp3) is 0.417. The Morgan fingerprint density at radius 1 is 1.18 bits per heavy atom. The maximum Gasteiger partial charge on any atom is 0.175 e. The van der Waals surface area contributed by atoms with Crippen LogP contribution >= 0.6 is 15.9 Å². The summed E-state index contributed by atoms with van der Waals surface area (Å²) in [6.07, 6.45) is 0. The molecule has 17 heavy (non-hydrogen) atoms. The molecule has 4 nitrogen and oxygen atoms in total. The van der Waals surface area contributed by atoms with Crippen LogP contribution in [0.4, 0.5) is 0 Å². The number of rotatable bonds is 1. The molecule has 1 heterocycles. The molecular weight excluding hydrogens is 282 g/mol. The van der Waals surface area contributed by atoms with Crippen molar-refractivity contribution in [2.24, 2.45) is 5.16 Å². The van der Waals surface area contributed by atoms with Crippen LogP contribution in [0.5, 0.6) is 0 Å². The number of hydrogen-bond acceptors (Lipinski definition) is 3. The minimum absolute atomic E-state index is 0.658. The highest BCUT2D eigenvalue weighted by Gasteiger charge is 2.19. The monoisotopic (exact) mass is 297 g/mol. The van der Waals surface area contributed by atoms with Gasteiger partial charge in [0, 0.05) is 36.2 Å². The maximum atomic E-state index is 9.19. The summed E-state index contributed by atoms with van der Waals surface area (Å²) in [5.74, 6) is 0.658. The third-order valence-electron chi connectivity index (χ3n) is 3.00. The van der Waals surface area contributed by atoms with Crippen LogP contribution in [0.2, 0.25) is 0 Å². The number of halogens is 1. The molecule has 0 aromatic heterocycles. The molecule has 5 heteroatoms. The number of oxime groups is 1. The molecule has 92 valence electrons. The highest BCUT2D eigenvalue weighted by Crippen LogP contribution is 2.14. The van der Waals surface area contributed by atoms with E-state index in [0.717, 1.165) is 36.2 Å². The topological polar surface area (TPSA) is 39.1 Å². The summed E-state index contributed by atoms with van der Waals surface area (Å²) in [5, 5.41) is 12.6. The maximum absolute atomic E-state index is 9.19. The fourth-order valence-electron chi connectivity index (χ4n) is 1.92. The van der Waals surface area contributed by atoms with Crippen molar-refractivity contribution < 1.29 is 5.21 Å². The van der Waals surface area contributed by atoms with E-state index in [-0.39, 0.29) is 0 Å². The molecule has 1 fully saturated rings. The molecule has 0 atom stereocenters. The second kappa shape index (κ2) is 5.51. The van der Waals surface area contributed by atoms with Gasteiger partial charge in [-0.2, -0.15) is 0 Å². The number of piperazine rings is 1. The van der Waals surface area contributed by atoms with E-state index in [1.807, 2.05) is 24.3 Å². The average Bonchev–Trinajstić information content (AvgIpc) is 2.35. The molecular formula is C12H16BrN3O. The van der Waals surface area contributed by atoms with E-state index in [0.29, 0.717) is 5.84 Å². The summed E-state index contributed by atoms with van der Waals surface area (Å²) in [4.78, 5) is 4.39. The lowest BCUT2D eigenvalue weighted by Gasteiger charge is -2.34. The Bertz CT molecular complexity index is 397. The highest BCUT2D eigenvalue weighted by molar-refractivity contribution is 9.10. The molecule has 2 rings (SSSR count). The summed E-state index contributed by atoms with van der Waals surface area (Å²) < 4.78 is 1.02. The first-order valence-electron chi connectivity index (χ1n) is 5.62. The van der Waals surface area contributed by atoms with Gasteiger partial charge in [-0.1, -0.05) is 33.2 Å². The van der Waals surface area contributed by atoms with Crippen LogP contribution in [-0.2, 0) is 0 Å². The van der Waals surface area contributed by atoms with E-state index in [2.05, 4.69) is 37.9 Å². The predicted octanol–water partition coefficient (Wildman–Crippen LogP) is 1.83. The molecule has 0 spiro atoms. The van der Waals surface area contributed by atoms with Crippen LogP contribution in [0.1, 0.15) is 5.56 Å². The zero-order valence-electron chi connectivity index (χ0n) is 9.80. The van der Waals surface area contributed by atoms with Crippen LogP contribution in [-0.4, -0.2) is 54.1 Å². The Balaban J connectivity index is 2.14. The van der Waals surface area contributed by atoms with E-state index in [1.54, 1.807) is 0 Å². The summed E-state index contributed by atoms with van der Waals surface area (Å²) >= 11 is 3.40. The minimum atomic E-state index is 0.658. The molecule has 1 N–H and O–H groups in total. The van der Waals surface area contributed by atoms with E-state index >= 15 is 0 Å². The van der Waals surface area contributed by atoms with Gasteiger partial charge < -0.3 is 15.0 Å². The van der Waals surface area contributed by atoms with Crippen LogP contribution < -0.4 is 0 Å². The zero-order chi connectivity index (χ0) is 12.3. The first-order chi connectivity index (χ1) is 8.20.